The van der Waals surface area contributed by atoms with Crippen LogP contribution in [0, 0.1) is 0 Å². The van der Waals surface area contributed by atoms with E-state index in [2.05, 4.69) is 23.3 Å². The molecule has 20 heavy (non-hydrogen) atoms. The van der Waals surface area contributed by atoms with Gasteiger partial charge in [0.2, 0.25) is 0 Å². The van der Waals surface area contributed by atoms with Crippen LogP contribution in [0.15, 0.2) is 41.8 Å². The fourth-order valence-corrected chi connectivity index (χ4v) is 3.92. The molecule has 0 saturated heterocycles. The lowest BCUT2D eigenvalue weighted by Crippen LogP contribution is -2.37. The molecular weight excluding hydrogens is 266 g/mol. The van der Waals surface area contributed by atoms with Gasteiger partial charge >= 0.3 is 0 Å². The zero-order chi connectivity index (χ0) is 13.8. The summed E-state index contributed by atoms with van der Waals surface area (Å²) in [5.41, 5.74) is 1.54. The first-order chi connectivity index (χ1) is 9.88. The number of ether oxygens (including phenoxy) is 1. The van der Waals surface area contributed by atoms with Gasteiger partial charge in [0.05, 0.1) is 0 Å². The molecule has 1 aliphatic heterocycles. The molecule has 3 rings (SSSR count). The largest absolute Gasteiger partial charge is 0.492 e. The first kappa shape index (κ1) is 13.7. The molecule has 1 unspecified atom stereocenters. The van der Waals surface area contributed by atoms with Crippen molar-refractivity contribution < 1.29 is 4.74 Å². The third kappa shape index (κ3) is 2.89. The van der Waals surface area contributed by atoms with Crippen LogP contribution in [0.2, 0.25) is 0 Å². The Bertz CT molecular complexity index is 537. The van der Waals surface area contributed by atoms with Crippen molar-refractivity contribution in [3.05, 3.63) is 52.2 Å². The number of rotatable bonds is 5. The molecule has 2 aromatic rings. The van der Waals surface area contributed by atoms with E-state index in [1.807, 2.05) is 41.7 Å². The molecule has 106 valence electrons. The van der Waals surface area contributed by atoms with Crippen LogP contribution in [0.3, 0.4) is 0 Å². The minimum atomic E-state index is 0.573. The Hall–Kier alpha value is -1.32. The van der Waals surface area contributed by atoms with Crippen LogP contribution in [-0.4, -0.2) is 24.6 Å². The van der Waals surface area contributed by atoms with Crippen LogP contribution in [-0.2, 0) is 6.42 Å². The summed E-state index contributed by atoms with van der Waals surface area (Å²) in [5.74, 6) is 0.966. The Morgan fingerprint density at radius 2 is 2.10 bits per heavy atom. The van der Waals surface area contributed by atoms with Crippen molar-refractivity contribution in [2.75, 3.05) is 19.7 Å². The number of thiophene rings is 1. The Morgan fingerprint density at radius 3 is 2.90 bits per heavy atom. The topological polar surface area (TPSA) is 12.5 Å². The van der Waals surface area contributed by atoms with Crippen LogP contribution in [0.25, 0.3) is 0 Å². The molecule has 0 radical (unpaired) electrons. The number of fused-ring (bicyclic) bond motifs is 1. The fourth-order valence-electron chi connectivity index (χ4n) is 2.99. The molecule has 0 N–H and O–H groups in total. The van der Waals surface area contributed by atoms with Crippen LogP contribution in [0.5, 0.6) is 5.75 Å². The smallest absolute Gasteiger partial charge is 0.119 e. The van der Waals surface area contributed by atoms with Crippen molar-refractivity contribution in [1.29, 1.82) is 0 Å². The zero-order valence-electron chi connectivity index (χ0n) is 11.9. The van der Waals surface area contributed by atoms with Gasteiger partial charge in [-0.2, -0.15) is 0 Å². The van der Waals surface area contributed by atoms with E-state index in [-0.39, 0.29) is 0 Å². The molecular formula is C17H21NOS. The number of hydrogen-bond donors (Lipinski definition) is 0. The van der Waals surface area contributed by atoms with E-state index in [9.17, 15) is 0 Å². The summed E-state index contributed by atoms with van der Waals surface area (Å²) in [6, 6.07) is 13.0. The predicted molar refractivity (Wildman–Crippen MR) is 84.6 cm³/mol. The van der Waals surface area contributed by atoms with Crippen molar-refractivity contribution in [2.45, 2.75) is 25.8 Å². The maximum Gasteiger partial charge on any atom is 0.119 e. The molecule has 0 bridgehead atoms. The Morgan fingerprint density at radius 1 is 1.25 bits per heavy atom. The van der Waals surface area contributed by atoms with Gasteiger partial charge in [-0.05, 0) is 42.0 Å². The molecule has 0 aliphatic carbocycles. The second-order valence-corrected chi connectivity index (χ2v) is 6.17. The zero-order valence-corrected chi connectivity index (χ0v) is 12.7. The highest BCUT2D eigenvalue weighted by Crippen LogP contribution is 2.34. The van der Waals surface area contributed by atoms with Gasteiger partial charge in [-0.25, -0.2) is 0 Å². The number of hydrogen-bond acceptors (Lipinski definition) is 3. The van der Waals surface area contributed by atoms with E-state index in [1.54, 1.807) is 10.4 Å². The average molecular weight is 287 g/mol. The van der Waals surface area contributed by atoms with Gasteiger partial charge in [0, 0.05) is 24.0 Å². The summed E-state index contributed by atoms with van der Waals surface area (Å²) >= 11 is 1.91. The van der Waals surface area contributed by atoms with Crippen LogP contribution in [0.1, 0.15) is 29.8 Å². The van der Waals surface area contributed by atoms with E-state index >= 15 is 0 Å². The summed E-state index contributed by atoms with van der Waals surface area (Å²) in [7, 11) is 0. The quantitative estimate of drug-likeness (QED) is 0.819. The Balaban J connectivity index is 1.58. The number of benzene rings is 1. The van der Waals surface area contributed by atoms with Gasteiger partial charge in [-0.1, -0.05) is 25.1 Å². The Labute approximate surface area is 125 Å². The van der Waals surface area contributed by atoms with Gasteiger partial charge in [-0.15, -0.1) is 11.3 Å². The molecule has 1 aliphatic rings. The van der Waals surface area contributed by atoms with Gasteiger partial charge in [0.25, 0.3) is 0 Å². The number of para-hydroxylation sites is 1. The highest BCUT2D eigenvalue weighted by atomic mass is 32.1. The second kappa shape index (κ2) is 6.42. The standard InChI is InChI=1S/C17H21NOS/c1-2-16-15-9-13-20-17(15)8-10-18(16)11-12-19-14-6-4-3-5-7-14/h3-7,9,13,16H,2,8,10-12H2,1H3. The summed E-state index contributed by atoms with van der Waals surface area (Å²) in [6.45, 7) is 5.20. The van der Waals surface area contributed by atoms with E-state index < -0.39 is 0 Å². The van der Waals surface area contributed by atoms with Crippen molar-refractivity contribution in [3.63, 3.8) is 0 Å². The molecule has 2 nitrogen and oxygen atoms in total. The molecule has 0 spiro atoms. The normalized spacial score (nSPS) is 18.8. The van der Waals surface area contributed by atoms with Crippen molar-refractivity contribution in [2.24, 2.45) is 0 Å². The molecule has 1 atom stereocenters. The maximum atomic E-state index is 5.83. The van der Waals surface area contributed by atoms with Gasteiger partial charge in [0.1, 0.15) is 12.4 Å². The fraction of sp³-hybridized carbons (Fsp3) is 0.412. The third-order valence-corrected chi connectivity index (χ3v) is 4.98. The maximum absolute atomic E-state index is 5.83. The lowest BCUT2D eigenvalue weighted by molar-refractivity contribution is 0.148. The molecule has 1 aromatic heterocycles. The van der Waals surface area contributed by atoms with E-state index in [0.717, 1.165) is 25.4 Å². The average Bonchev–Trinajstić information content (AvgIpc) is 2.96. The molecule has 0 fully saturated rings. The van der Waals surface area contributed by atoms with E-state index in [4.69, 9.17) is 4.74 Å². The van der Waals surface area contributed by atoms with E-state index in [0.29, 0.717) is 6.04 Å². The lowest BCUT2D eigenvalue weighted by Gasteiger charge is -2.35. The third-order valence-electron chi connectivity index (χ3n) is 3.98. The summed E-state index contributed by atoms with van der Waals surface area (Å²) in [5, 5.41) is 2.23. The summed E-state index contributed by atoms with van der Waals surface area (Å²) in [6.07, 6.45) is 2.36. The molecule has 2 heterocycles. The lowest BCUT2D eigenvalue weighted by atomic mass is 9.98. The highest BCUT2D eigenvalue weighted by molar-refractivity contribution is 7.10. The minimum Gasteiger partial charge on any atom is -0.492 e. The van der Waals surface area contributed by atoms with Crippen LogP contribution >= 0.6 is 11.3 Å². The van der Waals surface area contributed by atoms with Crippen molar-refractivity contribution >= 4 is 11.3 Å². The summed E-state index contributed by atoms with van der Waals surface area (Å²) < 4.78 is 5.83. The minimum absolute atomic E-state index is 0.573. The Kier molecular flexibility index (Phi) is 4.38. The van der Waals surface area contributed by atoms with Gasteiger partial charge in [-0.3, -0.25) is 4.90 Å². The van der Waals surface area contributed by atoms with Gasteiger partial charge in [0.15, 0.2) is 0 Å². The number of nitrogens with zero attached hydrogens (tertiary/aromatic N) is 1. The highest BCUT2D eigenvalue weighted by Gasteiger charge is 2.26. The van der Waals surface area contributed by atoms with Crippen LogP contribution < -0.4 is 4.74 Å². The van der Waals surface area contributed by atoms with Crippen LogP contribution in [0.4, 0.5) is 0 Å². The second-order valence-electron chi connectivity index (χ2n) is 5.17. The first-order valence-electron chi connectivity index (χ1n) is 7.36. The molecule has 0 amide bonds. The summed E-state index contributed by atoms with van der Waals surface area (Å²) in [4.78, 5) is 4.15. The van der Waals surface area contributed by atoms with E-state index in [1.165, 1.54) is 12.8 Å². The SMILES string of the molecule is CCC1c2ccsc2CCN1CCOc1ccccc1. The molecule has 3 heteroatoms. The first-order valence-corrected chi connectivity index (χ1v) is 8.24. The molecule has 1 aromatic carbocycles. The predicted octanol–water partition coefficient (Wildman–Crippen LogP) is 4.14. The monoisotopic (exact) mass is 287 g/mol. The van der Waals surface area contributed by atoms with Crippen molar-refractivity contribution in [3.8, 4) is 5.75 Å². The van der Waals surface area contributed by atoms with Gasteiger partial charge < -0.3 is 4.74 Å². The van der Waals surface area contributed by atoms with Crippen molar-refractivity contribution in [1.82, 2.24) is 4.90 Å². The molecule has 0 saturated carbocycles.